The fourth-order valence-electron chi connectivity index (χ4n) is 1.31. The van der Waals surface area contributed by atoms with Crippen LogP contribution in [0.15, 0.2) is 12.4 Å². The van der Waals surface area contributed by atoms with Crippen molar-refractivity contribution in [2.24, 2.45) is 7.05 Å². The molecule has 3 heteroatoms. The summed E-state index contributed by atoms with van der Waals surface area (Å²) in [6.45, 7) is 3.87. The van der Waals surface area contributed by atoms with Crippen molar-refractivity contribution in [3.05, 3.63) is 18.0 Å². The van der Waals surface area contributed by atoms with Crippen LogP contribution in [0.2, 0.25) is 0 Å². The van der Waals surface area contributed by atoms with Crippen LogP contribution in [0.1, 0.15) is 12.5 Å². The van der Waals surface area contributed by atoms with E-state index >= 15 is 0 Å². The average Bonchev–Trinajstić information content (AvgIpc) is 2.31. The van der Waals surface area contributed by atoms with E-state index in [0.29, 0.717) is 0 Å². The lowest BCUT2D eigenvalue weighted by molar-refractivity contribution is -0.0500. The standard InChI is InChI=1S/C8H12N2O/c1-8(5-11-6-8)7-3-9-10(2)4-7/h3-4H,5-6H2,1-2H3. The van der Waals surface area contributed by atoms with Gasteiger partial charge < -0.3 is 4.74 Å². The second-order valence-electron chi connectivity index (χ2n) is 3.46. The summed E-state index contributed by atoms with van der Waals surface area (Å²) >= 11 is 0. The Morgan fingerprint density at radius 3 is 2.73 bits per heavy atom. The minimum absolute atomic E-state index is 0.230. The molecule has 2 rings (SSSR count). The summed E-state index contributed by atoms with van der Waals surface area (Å²) < 4.78 is 7.00. The zero-order valence-electron chi connectivity index (χ0n) is 6.87. The molecule has 3 nitrogen and oxygen atoms in total. The molecule has 0 radical (unpaired) electrons. The molecule has 60 valence electrons. The molecule has 0 unspecified atom stereocenters. The molecule has 0 aliphatic carbocycles. The third-order valence-electron chi connectivity index (χ3n) is 2.24. The third-order valence-corrected chi connectivity index (χ3v) is 2.24. The maximum absolute atomic E-state index is 5.16. The van der Waals surface area contributed by atoms with Gasteiger partial charge >= 0.3 is 0 Å². The first-order chi connectivity index (χ1) is 5.21. The Morgan fingerprint density at radius 1 is 1.64 bits per heavy atom. The lowest BCUT2D eigenvalue weighted by Gasteiger charge is -2.37. The molecule has 0 amide bonds. The summed E-state index contributed by atoms with van der Waals surface area (Å²) in [4.78, 5) is 0. The number of aryl methyl sites for hydroxylation is 1. The zero-order chi connectivity index (χ0) is 7.90. The molecule has 0 bridgehead atoms. The van der Waals surface area contributed by atoms with E-state index in [4.69, 9.17) is 4.74 Å². The fourth-order valence-corrected chi connectivity index (χ4v) is 1.31. The second kappa shape index (κ2) is 2.08. The summed E-state index contributed by atoms with van der Waals surface area (Å²) in [7, 11) is 1.94. The number of hydrogen-bond acceptors (Lipinski definition) is 2. The van der Waals surface area contributed by atoms with Crippen LogP contribution in [0.5, 0.6) is 0 Å². The predicted octanol–water partition coefficient (Wildman–Crippen LogP) is 0.708. The van der Waals surface area contributed by atoms with Gasteiger partial charge in [0.05, 0.1) is 19.4 Å². The van der Waals surface area contributed by atoms with Crippen molar-refractivity contribution < 1.29 is 4.74 Å². The molecular weight excluding hydrogens is 140 g/mol. The fraction of sp³-hybridized carbons (Fsp3) is 0.625. The lowest BCUT2D eigenvalue weighted by Crippen LogP contribution is -2.43. The molecule has 0 saturated carbocycles. The van der Waals surface area contributed by atoms with E-state index in [1.54, 1.807) is 0 Å². The van der Waals surface area contributed by atoms with Crippen LogP contribution in [-0.4, -0.2) is 23.0 Å². The van der Waals surface area contributed by atoms with Crippen LogP contribution < -0.4 is 0 Å². The molecule has 0 aromatic carbocycles. The molecule has 11 heavy (non-hydrogen) atoms. The normalized spacial score (nSPS) is 21.3. The van der Waals surface area contributed by atoms with Gasteiger partial charge in [0.1, 0.15) is 0 Å². The molecule has 2 heterocycles. The van der Waals surface area contributed by atoms with E-state index < -0.39 is 0 Å². The van der Waals surface area contributed by atoms with Gasteiger partial charge in [0.25, 0.3) is 0 Å². The minimum Gasteiger partial charge on any atom is -0.379 e. The van der Waals surface area contributed by atoms with Gasteiger partial charge in [-0.05, 0) is 0 Å². The minimum atomic E-state index is 0.230. The monoisotopic (exact) mass is 152 g/mol. The van der Waals surface area contributed by atoms with E-state index in [1.807, 2.05) is 17.9 Å². The molecule has 1 saturated heterocycles. The molecule has 1 fully saturated rings. The number of ether oxygens (including phenoxy) is 1. The van der Waals surface area contributed by atoms with Crippen molar-refractivity contribution in [2.75, 3.05) is 13.2 Å². The van der Waals surface area contributed by atoms with Crippen LogP contribution in [0.3, 0.4) is 0 Å². The van der Waals surface area contributed by atoms with Gasteiger partial charge in [0.2, 0.25) is 0 Å². The highest BCUT2D eigenvalue weighted by atomic mass is 16.5. The second-order valence-corrected chi connectivity index (χ2v) is 3.46. The molecule has 1 aromatic heterocycles. The molecule has 1 aliphatic heterocycles. The Hall–Kier alpha value is -0.830. The van der Waals surface area contributed by atoms with Crippen LogP contribution in [0.4, 0.5) is 0 Å². The van der Waals surface area contributed by atoms with Gasteiger partial charge in [-0.3, -0.25) is 4.68 Å². The van der Waals surface area contributed by atoms with E-state index in [0.717, 1.165) is 13.2 Å². The molecule has 0 spiro atoms. The van der Waals surface area contributed by atoms with Gasteiger partial charge in [-0.2, -0.15) is 5.10 Å². The lowest BCUT2D eigenvalue weighted by atomic mass is 9.83. The summed E-state index contributed by atoms with van der Waals surface area (Å²) in [6, 6.07) is 0. The van der Waals surface area contributed by atoms with Gasteiger partial charge in [-0.15, -0.1) is 0 Å². The van der Waals surface area contributed by atoms with E-state index in [1.165, 1.54) is 5.56 Å². The molecule has 1 aromatic rings. The first-order valence-corrected chi connectivity index (χ1v) is 3.78. The highest BCUT2D eigenvalue weighted by molar-refractivity contribution is 5.20. The average molecular weight is 152 g/mol. The van der Waals surface area contributed by atoms with E-state index in [-0.39, 0.29) is 5.41 Å². The van der Waals surface area contributed by atoms with Gasteiger partial charge in [-0.1, -0.05) is 6.92 Å². The molecule has 0 N–H and O–H groups in total. The van der Waals surface area contributed by atoms with Crippen LogP contribution >= 0.6 is 0 Å². The summed E-state index contributed by atoms with van der Waals surface area (Å²) in [5.41, 5.74) is 1.51. The molecular formula is C8H12N2O. The SMILES string of the molecule is Cn1cc(C2(C)COC2)cn1. The van der Waals surface area contributed by atoms with Crippen LogP contribution in [-0.2, 0) is 17.2 Å². The van der Waals surface area contributed by atoms with E-state index in [2.05, 4.69) is 18.2 Å². The highest BCUT2D eigenvalue weighted by Gasteiger charge is 2.36. The van der Waals surface area contributed by atoms with Crippen LogP contribution in [0.25, 0.3) is 0 Å². The number of hydrogen-bond donors (Lipinski definition) is 0. The highest BCUT2D eigenvalue weighted by Crippen LogP contribution is 2.30. The van der Waals surface area contributed by atoms with E-state index in [9.17, 15) is 0 Å². The number of rotatable bonds is 1. The number of aromatic nitrogens is 2. The quantitative estimate of drug-likeness (QED) is 0.592. The topological polar surface area (TPSA) is 27.1 Å². The molecule has 1 aliphatic rings. The van der Waals surface area contributed by atoms with Crippen molar-refractivity contribution >= 4 is 0 Å². The molecule has 0 atom stereocenters. The Kier molecular flexibility index (Phi) is 1.29. The first kappa shape index (κ1) is 6.85. The predicted molar refractivity (Wildman–Crippen MR) is 41.4 cm³/mol. The summed E-state index contributed by atoms with van der Waals surface area (Å²) in [5.74, 6) is 0. The smallest absolute Gasteiger partial charge is 0.0584 e. The first-order valence-electron chi connectivity index (χ1n) is 3.78. The van der Waals surface area contributed by atoms with Crippen molar-refractivity contribution in [1.29, 1.82) is 0 Å². The zero-order valence-corrected chi connectivity index (χ0v) is 6.87. The third kappa shape index (κ3) is 0.959. The van der Waals surface area contributed by atoms with Crippen molar-refractivity contribution in [3.63, 3.8) is 0 Å². The Balaban J connectivity index is 2.28. The largest absolute Gasteiger partial charge is 0.379 e. The van der Waals surface area contributed by atoms with Crippen LogP contribution in [0, 0.1) is 0 Å². The summed E-state index contributed by atoms with van der Waals surface area (Å²) in [6.07, 6.45) is 3.98. The van der Waals surface area contributed by atoms with Crippen molar-refractivity contribution in [3.8, 4) is 0 Å². The van der Waals surface area contributed by atoms with Crippen molar-refractivity contribution in [2.45, 2.75) is 12.3 Å². The Labute approximate surface area is 66.0 Å². The van der Waals surface area contributed by atoms with Crippen molar-refractivity contribution in [1.82, 2.24) is 9.78 Å². The summed E-state index contributed by atoms with van der Waals surface area (Å²) in [5, 5.41) is 4.13. The maximum atomic E-state index is 5.16. The van der Waals surface area contributed by atoms with Gasteiger partial charge in [0, 0.05) is 24.2 Å². The Morgan fingerprint density at radius 2 is 2.36 bits per heavy atom. The number of nitrogens with zero attached hydrogens (tertiary/aromatic N) is 2. The Bertz CT molecular complexity index is 263. The van der Waals surface area contributed by atoms with Gasteiger partial charge in [0.15, 0.2) is 0 Å². The maximum Gasteiger partial charge on any atom is 0.0584 e. The van der Waals surface area contributed by atoms with Gasteiger partial charge in [-0.25, -0.2) is 0 Å².